The van der Waals surface area contributed by atoms with E-state index in [9.17, 15) is 0 Å². The molecule has 3 aliphatic heterocycles. The van der Waals surface area contributed by atoms with Crippen LogP contribution < -0.4 is 29.4 Å². The van der Waals surface area contributed by atoms with Crippen molar-refractivity contribution >= 4 is 34.1 Å². The molecule has 3 aliphatic rings. The van der Waals surface area contributed by atoms with Gasteiger partial charge < -0.3 is 43.6 Å². The minimum atomic E-state index is -0.641. The summed E-state index contributed by atoms with van der Waals surface area (Å²) in [6.07, 6.45) is -1.13. The van der Waals surface area contributed by atoms with Gasteiger partial charge in [-0.3, -0.25) is 0 Å². The minimum Gasteiger partial charge on any atom is -0.340 e. The largest absolute Gasteiger partial charge is 0.340 e. The standard InChI is InChI=1S/C68H90N6O3/c1-41-26-47(7)59(48(8)27-41)69-20-21-70(60-49(9)28-42(2)29-50(60)10)65(69)75-38-68(19,39-76-66-71(61-51(11)30-43(3)31-52(61)12)22-23-72(66)62-53(13)32-44(4)33-54(62)14)40-77-67-73(63-55(15)34-45(5)35-56(63)16)24-25-74(67)64-57(17)36-46(6)37-58(64)18/h26-37,65-67H,20-25,38-40H2,1-19H3. The van der Waals surface area contributed by atoms with E-state index in [1.54, 1.807) is 0 Å². The second kappa shape index (κ2) is 22.0. The Kier molecular flexibility index (Phi) is 15.9. The zero-order valence-corrected chi connectivity index (χ0v) is 50.4. The summed E-state index contributed by atoms with van der Waals surface area (Å²) >= 11 is 0. The summed E-state index contributed by atoms with van der Waals surface area (Å²) in [5.74, 6) is 0. The fourth-order valence-corrected chi connectivity index (χ4v) is 14.4. The van der Waals surface area contributed by atoms with Gasteiger partial charge in [-0.25, -0.2) is 0 Å². The predicted molar refractivity (Wildman–Crippen MR) is 325 cm³/mol. The summed E-state index contributed by atoms with van der Waals surface area (Å²) in [5, 5.41) is 0. The van der Waals surface area contributed by atoms with Gasteiger partial charge in [0.05, 0.1) is 19.8 Å². The van der Waals surface area contributed by atoms with Crippen LogP contribution in [0.15, 0.2) is 72.8 Å². The molecule has 0 bridgehead atoms. The fourth-order valence-electron chi connectivity index (χ4n) is 14.4. The number of anilines is 6. The first-order chi connectivity index (χ1) is 36.4. The third-order valence-corrected chi connectivity index (χ3v) is 16.6. The molecule has 0 atom stereocenters. The smallest absolute Gasteiger partial charge is 0.210 e. The molecule has 0 N–H and O–H groups in total. The quantitative estimate of drug-likeness (QED) is 0.100. The average molecular weight is 1040 g/mol. The highest BCUT2D eigenvalue weighted by atomic mass is 16.6. The Morgan fingerprint density at radius 1 is 0.273 bits per heavy atom. The van der Waals surface area contributed by atoms with Crippen molar-refractivity contribution in [3.63, 3.8) is 0 Å². The van der Waals surface area contributed by atoms with Crippen molar-refractivity contribution < 1.29 is 14.2 Å². The molecule has 410 valence electrons. The molecule has 0 amide bonds. The van der Waals surface area contributed by atoms with Gasteiger partial charge in [-0.1, -0.05) is 113 Å². The van der Waals surface area contributed by atoms with E-state index in [2.05, 4.69) is 234 Å². The molecule has 3 fully saturated rings. The lowest BCUT2D eigenvalue weighted by atomic mass is 9.94. The SMILES string of the molecule is Cc1cc(C)c(N2CCN(c3c(C)cc(C)cc3C)C2OCC(C)(COC2N(c3c(C)cc(C)cc3C)CCN2c2c(C)cc(C)cc2C)COC2N(c3c(C)cc(C)cc3C)CCN2c2c(C)cc(C)cc2C)c(C)c1. The van der Waals surface area contributed by atoms with Gasteiger partial charge in [-0.05, 0) is 191 Å². The molecule has 9 rings (SSSR count). The van der Waals surface area contributed by atoms with Crippen LogP contribution in [0.1, 0.15) is 107 Å². The molecule has 0 aliphatic carbocycles. The van der Waals surface area contributed by atoms with Crippen molar-refractivity contribution in [1.29, 1.82) is 0 Å². The van der Waals surface area contributed by atoms with Gasteiger partial charge in [0, 0.05) is 78.8 Å². The van der Waals surface area contributed by atoms with Crippen LogP contribution in [0.5, 0.6) is 0 Å². The first kappa shape index (κ1) is 55.7. The Balaban J connectivity index is 1.16. The first-order valence-electron chi connectivity index (χ1n) is 28.4. The normalized spacial score (nSPS) is 15.9. The van der Waals surface area contributed by atoms with Gasteiger partial charge in [0.2, 0.25) is 19.1 Å². The number of nitrogens with zero attached hydrogens (tertiary/aromatic N) is 6. The van der Waals surface area contributed by atoms with Crippen molar-refractivity contribution in [1.82, 2.24) is 0 Å². The van der Waals surface area contributed by atoms with E-state index in [4.69, 9.17) is 14.2 Å². The van der Waals surface area contributed by atoms with E-state index in [1.807, 2.05) is 0 Å². The second-order valence-corrected chi connectivity index (χ2v) is 24.4. The highest BCUT2D eigenvalue weighted by Gasteiger charge is 2.44. The molecular formula is C68H90N6O3. The molecule has 6 aromatic rings. The highest BCUT2D eigenvalue weighted by Crippen LogP contribution is 2.42. The van der Waals surface area contributed by atoms with Crippen molar-refractivity contribution in [3.05, 3.63) is 173 Å². The van der Waals surface area contributed by atoms with Crippen LogP contribution in [0.2, 0.25) is 0 Å². The number of rotatable bonds is 15. The predicted octanol–water partition coefficient (Wildman–Crippen LogP) is 14.5. The maximum Gasteiger partial charge on any atom is 0.210 e. The highest BCUT2D eigenvalue weighted by molar-refractivity contribution is 5.70. The Hall–Kier alpha value is -6.00. The molecule has 6 aromatic carbocycles. The summed E-state index contributed by atoms with van der Waals surface area (Å²) < 4.78 is 23.1. The third-order valence-electron chi connectivity index (χ3n) is 16.6. The van der Waals surface area contributed by atoms with Crippen LogP contribution in [0, 0.1) is 130 Å². The van der Waals surface area contributed by atoms with E-state index in [-0.39, 0.29) is 19.1 Å². The van der Waals surface area contributed by atoms with Gasteiger partial charge in [0.25, 0.3) is 0 Å². The first-order valence-corrected chi connectivity index (χ1v) is 28.4. The Bertz CT molecular complexity index is 2530. The summed E-state index contributed by atoms with van der Waals surface area (Å²) in [4.78, 5) is 15.1. The van der Waals surface area contributed by atoms with Crippen molar-refractivity contribution in [3.8, 4) is 0 Å². The summed E-state index contributed by atoms with van der Waals surface area (Å²) in [7, 11) is 0. The zero-order valence-electron chi connectivity index (χ0n) is 50.4. The van der Waals surface area contributed by atoms with Gasteiger partial charge in [0.15, 0.2) is 0 Å². The van der Waals surface area contributed by atoms with E-state index in [1.165, 1.54) is 134 Å². The average Bonchev–Trinajstić information content (AvgIpc) is 4.06. The number of benzene rings is 6. The molecule has 3 saturated heterocycles. The Morgan fingerprint density at radius 2 is 0.403 bits per heavy atom. The lowest BCUT2D eigenvalue weighted by Gasteiger charge is -2.41. The molecule has 0 spiro atoms. The van der Waals surface area contributed by atoms with Crippen LogP contribution in [-0.4, -0.2) is 78.1 Å². The summed E-state index contributed by atoms with van der Waals surface area (Å²) in [5.41, 5.74) is 29.6. The Morgan fingerprint density at radius 3 is 0.532 bits per heavy atom. The van der Waals surface area contributed by atoms with Crippen molar-refractivity contribution in [2.45, 2.75) is 151 Å². The number of hydrogen-bond donors (Lipinski definition) is 0. The van der Waals surface area contributed by atoms with Crippen LogP contribution in [0.4, 0.5) is 34.1 Å². The molecule has 9 heteroatoms. The molecule has 77 heavy (non-hydrogen) atoms. The van der Waals surface area contributed by atoms with Gasteiger partial charge in [-0.2, -0.15) is 0 Å². The van der Waals surface area contributed by atoms with Gasteiger partial charge in [0.1, 0.15) is 0 Å². The number of aryl methyl sites for hydroxylation is 18. The minimum absolute atomic E-state index is 0.375. The zero-order chi connectivity index (χ0) is 55.5. The molecule has 0 unspecified atom stereocenters. The van der Waals surface area contributed by atoms with E-state index < -0.39 is 5.41 Å². The van der Waals surface area contributed by atoms with Gasteiger partial charge in [-0.15, -0.1) is 0 Å². The molecule has 3 heterocycles. The fraction of sp³-hybridized carbons (Fsp3) is 0.471. The maximum atomic E-state index is 7.70. The molecule has 0 saturated carbocycles. The van der Waals surface area contributed by atoms with Crippen LogP contribution in [-0.2, 0) is 14.2 Å². The molecule has 9 nitrogen and oxygen atoms in total. The third kappa shape index (κ3) is 11.1. The van der Waals surface area contributed by atoms with Crippen LogP contribution >= 0.6 is 0 Å². The van der Waals surface area contributed by atoms with Crippen LogP contribution in [0.25, 0.3) is 0 Å². The Labute approximate surface area is 463 Å². The topological polar surface area (TPSA) is 47.1 Å². The monoisotopic (exact) mass is 1040 g/mol. The van der Waals surface area contributed by atoms with Gasteiger partial charge >= 0.3 is 0 Å². The van der Waals surface area contributed by atoms with E-state index in [0.29, 0.717) is 19.8 Å². The van der Waals surface area contributed by atoms with Crippen molar-refractivity contribution in [2.75, 3.05) is 88.5 Å². The lowest BCUT2D eigenvalue weighted by Crippen LogP contribution is -2.50. The van der Waals surface area contributed by atoms with Crippen LogP contribution in [0.3, 0.4) is 0 Å². The molecular weight excluding hydrogens is 949 g/mol. The molecule has 0 radical (unpaired) electrons. The number of hydrogen-bond acceptors (Lipinski definition) is 9. The maximum absolute atomic E-state index is 7.70. The number of ether oxygens (including phenoxy) is 3. The van der Waals surface area contributed by atoms with E-state index in [0.717, 1.165) is 39.3 Å². The lowest BCUT2D eigenvalue weighted by molar-refractivity contribution is -0.100. The summed E-state index contributed by atoms with van der Waals surface area (Å²) in [6.45, 7) is 48.7. The van der Waals surface area contributed by atoms with Crippen molar-refractivity contribution in [2.24, 2.45) is 5.41 Å². The summed E-state index contributed by atoms with van der Waals surface area (Å²) in [6, 6.07) is 27.8. The molecule has 0 aromatic heterocycles. The second-order valence-electron chi connectivity index (χ2n) is 24.4. The van der Waals surface area contributed by atoms with E-state index >= 15 is 0 Å².